The molecule has 5 aromatic heterocycles. The third-order valence-corrected chi connectivity index (χ3v) is 16.1. The summed E-state index contributed by atoms with van der Waals surface area (Å²) in [5.74, 6) is -0.815. The number of hydrogen-bond donors (Lipinski definition) is 1. The molecule has 4 atom stereocenters. The highest BCUT2D eigenvalue weighted by Gasteiger charge is 2.60. The van der Waals surface area contributed by atoms with Gasteiger partial charge in [-0.25, -0.2) is 23.1 Å². The Hall–Kier alpha value is -6.88. The average molecular weight is 937 g/mol. The van der Waals surface area contributed by atoms with E-state index in [1.165, 1.54) is 27.1 Å². The fourth-order valence-electron chi connectivity index (χ4n) is 12.4. The number of H-pyrrole nitrogens is 1. The summed E-state index contributed by atoms with van der Waals surface area (Å²) in [5, 5.41) is 15.0. The van der Waals surface area contributed by atoms with Gasteiger partial charge in [0.1, 0.15) is 22.9 Å². The van der Waals surface area contributed by atoms with Crippen molar-refractivity contribution in [3.8, 4) is 17.2 Å². The standard InChI is InChI=1S/C52H54F2N10O5/c1-28-20-35(21-29(2)42(28)53)64-45(61-18-17-60(49(61)67)39-13-12-38-36(43(39)54)26-55-59(38)7)41-31(4)62(27-51(44(41)57-64)15-8-9-16-51)46(65)40-23-34-22-32(33-14-19-68-50(5,6)25-33)10-11-37(34)63(40)52(24-30(52)3)47-56-48(66)69-58-47/h10-13,17-18,20-23,26,30-31,33H,8-9,14-16,19,24-25,27H2,1-7H3,(H,56,58,66)/t30-,31-,33-,52-/m0/s1. The van der Waals surface area contributed by atoms with E-state index in [2.05, 4.69) is 58.8 Å². The van der Waals surface area contributed by atoms with Crippen LogP contribution in [0.1, 0.15) is 129 Å². The van der Waals surface area contributed by atoms with Crippen LogP contribution in [0.5, 0.6) is 0 Å². The zero-order valence-electron chi connectivity index (χ0n) is 39.8. The van der Waals surface area contributed by atoms with Gasteiger partial charge in [0.25, 0.3) is 5.91 Å². The summed E-state index contributed by atoms with van der Waals surface area (Å²) in [4.78, 5) is 48.4. The summed E-state index contributed by atoms with van der Waals surface area (Å²) in [6.45, 7) is 12.7. The van der Waals surface area contributed by atoms with Crippen molar-refractivity contribution in [1.82, 2.24) is 48.3 Å². The van der Waals surface area contributed by atoms with Gasteiger partial charge in [-0.05, 0) is 138 Å². The number of aryl methyl sites for hydroxylation is 3. The third kappa shape index (κ3) is 6.37. The summed E-state index contributed by atoms with van der Waals surface area (Å²) in [6.07, 6.45) is 10.2. The molecule has 1 amide bonds. The van der Waals surface area contributed by atoms with Gasteiger partial charge < -0.3 is 14.2 Å². The monoisotopic (exact) mass is 936 g/mol. The molecule has 0 radical (unpaired) electrons. The third-order valence-electron chi connectivity index (χ3n) is 16.1. The fourth-order valence-corrected chi connectivity index (χ4v) is 12.4. The van der Waals surface area contributed by atoms with Crippen LogP contribution in [0.15, 0.2) is 81.2 Å². The summed E-state index contributed by atoms with van der Waals surface area (Å²) in [7, 11) is 1.73. The van der Waals surface area contributed by atoms with Crippen molar-refractivity contribution >= 4 is 27.7 Å². The van der Waals surface area contributed by atoms with Crippen LogP contribution in [0, 0.1) is 31.4 Å². The molecule has 15 nitrogen and oxygen atoms in total. The number of rotatable bonds is 7. The summed E-state index contributed by atoms with van der Waals surface area (Å²) in [5.41, 5.74) is 3.64. The number of amides is 1. The molecule has 1 N–H and O–H groups in total. The lowest BCUT2D eigenvalue weighted by atomic mass is 9.75. The van der Waals surface area contributed by atoms with Crippen molar-refractivity contribution < 1.29 is 22.8 Å². The number of halogens is 2. The Bertz CT molecular complexity index is 3540. The van der Waals surface area contributed by atoms with Gasteiger partial charge in [0.15, 0.2) is 11.6 Å². The van der Waals surface area contributed by atoms with Crippen LogP contribution in [0.2, 0.25) is 0 Å². The Morgan fingerprint density at radius 1 is 0.913 bits per heavy atom. The number of aromatic amines is 1. The topological polar surface area (TPSA) is 156 Å². The smallest absolute Gasteiger partial charge is 0.376 e. The summed E-state index contributed by atoms with van der Waals surface area (Å²) < 4.78 is 51.0. The molecule has 3 aromatic carbocycles. The first kappa shape index (κ1) is 43.4. The Balaban J connectivity index is 1.05. The molecule has 1 saturated heterocycles. The number of imidazole rings is 1. The lowest BCUT2D eigenvalue weighted by Gasteiger charge is -2.43. The molecule has 17 heteroatoms. The van der Waals surface area contributed by atoms with Gasteiger partial charge in [-0.3, -0.25) is 28.1 Å². The first-order chi connectivity index (χ1) is 33.0. The van der Waals surface area contributed by atoms with E-state index in [0.29, 0.717) is 64.8 Å². The number of nitrogens with one attached hydrogen (secondary N) is 1. The molecule has 3 fully saturated rings. The van der Waals surface area contributed by atoms with Crippen LogP contribution in [0.4, 0.5) is 8.78 Å². The zero-order chi connectivity index (χ0) is 48.1. The van der Waals surface area contributed by atoms with Crippen LogP contribution in [-0.4, -0.2) is 73.0 Å². The van der Waals surface area contributed by atoms with Crippen molar-refractivity contribution in [3.05, 3.63) is 139 Å². The number of aromatic nitrogens is 9. The first-order valence-corrected chi connectivity index (χ1v) is 24.0. The van der Waals surface area contributed by atoms with E-state index in [1.807, 2.05) is 17.9 Å². The van der Waals surface area contributed by atoms with Gasteiger partial charge in [0, 0.05) is 54.5 Å². The Morgan fingerprint density at radius 3 is 2.33 bits per heavy atom. The molecule has 2 aliphatic carbocycles. The molecule has 2 aliphatic heterocycles. The molecule has 12 rings (SSSR count). The van der Waals surface area contributed by atoms with E-state index >= 15 is 13.6 Å². The lowest BCUT2D eigenvalue weighted by Crippen LogP contribution is -2.49. The molecule has 8 aromatic rings. The second-order valence-corrected chi connectivity index (χ2v) is 20.9. The van der Waals surface area contributed by atoms with E-state index in [9.17, 15) is 9.59 Å². The van der Waals surface area contributed by atoms with Crippen molar-refractivity contribution in [3.63, 3.8) is 0 Å². The molecule has 69 heavy (non-hydrogen) atoms. The highest BCUT2D eigenvalue weighted by molar-refractivity contribution is 6.00. The Kier molecular flexibility index (Phi) is 9.47. The molecular formula is C52H54F2N10O5. The second kappa shape index (κ2) is 15.1. The van der Waals surface area contributed by atoms with E-state index < -0.39 is 34.3 Å². The summed E-state index contributed by atoms with van der Waals surface area (Å²) >= 11 is 0. The van der Waals surface area contributed by atoms with E-state index in [0.717, 1.165) is 55.1 Å². The first-order valence-electron chi connectivity index (χ1n) is 24.0. The minimum absolute atomic E-state index is 0.00463. The molecule has 0 bridgehead atoms. The SMILES string of the molecule is Cc1cc(-n2nc3c(c2-n2ccn(-c4ccc5c(cnn5C)c4F)c2=O)[C@H](C)N(C(=O)c2cc4cc([C@H]5CCOC(C)(C)C5)ccc4n2[C@@]2(c4noc(=O)[nH]4)C[C@@H]2C)CC32CCCC2)cc(C)c1F. The van der Waals surface area contributed by atoms with Gasteiger partial charge >= 0.3 is 11.4 Å². The van der Waals surface area contributed by atoms with Crippen LogP contribution < -0.4 is 11.4 Å². The van der Waals surface area contributed by atoms with Gasteiger partial charge in [0.2, 0.25) is 0 Å². The van der Waals surface area contributed by atoms with Gasteiger partial charge in [-0.15, -0.1) is 0 Å². The van der Waals surface area contributed by atoms with E-state index in [1.54, 1.807) is 60.7 Å². The molecule has 4 aliphatic rings. The number of hydrogen-bond acceptors (Lipinski definition) is 8. The molecule has 356 valence electrons. The maximum atomic E-state index is 16.3. The predicted octanol–water partition coefficient (Wildman–Crippen LogP) is 8.71. The van der Waals surface area contributed by atoms with Gasteiger partial charge in [-0.1, -0.05) is 31.0 Å². The van der Waals surface area contributed by atoms with Crippen molar-refractivity contribution in [1.29, 1.82) is 0 Å². The van der Waals surface area contributed by atoms with Gasteiger partial charge in [0.05, 0.1) is 45.8 Å². The Labute approximate surface area is 395 Å². The van der Waals surface area contributed by atoms with Crippen molar-refractivity contribution in [2.75, 3.05) is 13.2 Å². The minimum atomic E-state index is -0.866. The second-order valence-electron chi connectivity index (χ2n) is 20.9. The van der Waals surface area contributed by atoms with Crippen LogP contribution in [-0.2, 0) is 22.7 Å². The number of fused-ring (bicyclic) bond motifs is 4. The fraction of sp³-hybridized carbons (Fsp3) is 0.423. The van der Waals surface area contributed by atoms with E-state index in [-0.39, 0.29) is 40.2 Å². The van der Waals surface area contributed by atoms with Crippen molar-refractivity contribution in [2.45, 2.75) is 115 Å². The number of carbonyl (C=O) groups is 1. The minimum Gasteiger partial charge on any atom is -0.376 e. The molecule has 2 saturated carbocycles. The van der Waals surface area contributed by atoms with Crippen LogP contribution >= 0.6 is 0 Å². The maximum absolute atomic E-state index is 16.3. The highest BCUT2D eigenvalue weighted by atomic mass is 19.1. The zero-order valence-corrected chi connectivity index (χ0v) is 39.8. The molecule has 0 unspecified atom stereocenters. The van der Waals surface area contributed by atoms with Gasteiger partial charge in [-0.2, -0.15) is 10.2 Å². The number of nitrogens with zero attached hydrogens (tertiary/aromatic N) is 9. The summed E-state index contributed by atoms with van der Waals surface area (Å²) in [6, 6.07) is 14.5. The van der Waals surface area contributed by atoms with Crippen LogP contribution in [0.3, 0.4) is 0 Å². The predicted molar refractivity (Wildman–Crippen MR) is 254 cm³/mol. The molecule has 7 heterocycles. The quantitative estimate of drug-likeness (QED) is 0.166. The Morgan fingerprint density at radius 2 is 1.64 bits per heavy atom. The number of ether oxygens (including phenoxy) is 1. The van der Waals surface area contributed by atoms with Crippen LogP contribution in [0.25, 0.3) is 39.0 Å². The normalized spacial score (nSPS) is 22.9. The highest BCUT2D eigenvalue weighted by Crippen LogP contribution is 2.57. The lowest BCUT2D eigenvalue weighted by molar-refractivity contribution is -0.0592. The van der Waals surface area contributed by atoms with E-state index in [4.69, 9.17) is 14.4 Å². The molecular weight excluding hydrogens is 883 g/mol. The largest absolute Gasteiger partial charge is 0.438 e. The average Bonchev–Trinajstić information content (AvgIpc) is 4.08. The van der Waals surface area contributed by atoms with Crippen molar-refractivity contribution in [2.24, 2.45) is 13.0 Å². The number of benzene rings is 3. The number of carbonyl (C=O) groups excluding carboxylic acids is 1. The molecule has 1 spiro atoms. The maximum Gasteiger partial charge on any atom is 0.438 e.